The van der Waals surface area contributed by atoms with Crippen LogP contribution in [0.1, 0.15) is 13.8 Å². The van der Waals surface area contributed by atoms with Crippen LogP contribution in [0, 0.1) is 0 Å². The van der Waals surface area contributed by atoms with E-state index in [4.69, 9.17) is 0 Å². The molecule has 1 aromatic carbocycles. The fraction of sp³-hybridized carbons (Fsp3) is 0.467. The Kier molecular flexibility index (Phi) is 6.13. The Hall–Kier alpha value is -0.950. The van der Waals surface area contributed by atoms with Crippen molar-refractivity contribution in [3.8, 4) is 0 Å². The minimum atomic E-state index is 0. The molecule has 0 radical (unpaired) electrons. The highest BCUT2D eigenvalue weighted by molar-refractivity contribution is 5.76. The van der Waals surface area contributed by atoms with Gasteiger partial charge < -0.3 is 28.5 Å². The van der Waals surface area contributed by atoms with Crippen molar-refractivity contribution >= 4 is 10.9 Å². The molecular formula is C15H22IN3O. The molecular weight excluding hydrogens is 365 g/mol. The van der Waals surface area contributed by atoms with Gasteiger partial charge in [-0.15, -0.1) is 0 Å². The molecule has 0 aliphatic rings. The molecule has 0 aliphatic carbocycles. The number of para-hydroxylation sites is 1. The highest BCUT2D eigenvalue weighted by Crippen LogP contribution is 2.06. The molecule has 0 unspecified atom stereocenters. The molecule has 2 aromatic rings. The second-order valence-corrected chi connectivity index (χ2v) is 5.24. The van der Waals surface area contributed by atoms with Crippen molar-refractivity contribution in [2.24, 2.45) is 0 Å². The van der Waals surface area contributed by atoms with Gasteiger partial charge in [-0.25, -0.2) is 4.98 Å². The van der Waals surface area contributed by atoms with Gasteiger partial charge in [0.2, 0.25) is 0 Å². The standard InChI is InChI=1S/C15H22N3O.HI/c1-4-18(3,5-2)11-10-17-12-16-14-9-7-6-8-13(14)15(17)19;/h6-9,12H,4-5,10-11H2,1-3H3;1H/q+1;/p-1. The lowest BCUT2D eigenvalue weighted by atomic mass is 10.2. The average molecular weight is 387 g/mol. The van der Waals surface area contributed by atoms with Crippen LogP contribution in [0.3, 0.4) is 0 Å². The van der Waals surface area contributed by atoms with Gasteiger partial charge in [-0.1, -0.05) is 12.1 Å². The smallest absolute Gasteiger partial charge is 0.261 e. The Morgan fingerprint density at radius 3 is 2.50 bits per heavy atom. The van der Waals surface area contributed by atoms with E-state index in [1.807, 2.05) is 24.3 Å². The summed E-state index contributed by atoms with van der Waals surface area (Å²) in [6.45, 7) is 8.19. The van der Waals surface area contributed by atoms with Crippen LogP contribution in [0.5, 0.6) is 0 Å². The number of rotatable bonds is 5. The van der Waals surface area contributed by atoms with E-state index in [1.54, 1.807) is 10.9 Å². The van der Waals surface area contributed by atoms with Crippen LogP contribution in [0.2, 0.25) is 0 Å². The number of fused-ring (bicyclic) bond motifs is 1. The van der Waals surface area contributed by atoms with Gasteiger partial charge >= 0.3 is 0 Å². The van der Waals surface area contributed by atoms with E-state index in [0.717, 1.165) is 36.2 Å². The predicted molar refractivity (Wildman–Crippen MR) is 78.1 cm³/mol. The number of benzene rings is 1. The molecule has 0 amide bonds. The van der Waals surface area contributed by atoms with Crippen LogP contribution in [-0.4, -0.2) is 40.7 Å². The lowest BCUT2D eigenvalue weighted by molar-refractivity contribution is -0.906. The van der Waals surface area contributed by atoms with Crippen LogP contribution in [0.4, 0.5) is 0 Å². The largest absolute Gasteiger partial charge is 1.00 e. The summed E-state index contributed by atoms with van der Waals surface area (Å²) < 4.78 is 2.70. The van der Waals surface area contributed by atoms with Gasteiger partial charge in [0.05, 0.1) is 50.5 Å². The first-order chi connectivity index (χ1) is 9.09. The molecule has 20 heavy (non-hydrogen) atoms. The van der Waals surface area contributed by atoms with Crippen LogP contribution in [0.15, 0.2) is 35.4 Å². The van der Waals surface area contributed by atoms with Crippen molar-refractivity contribution in [1.29, 1.82) is 0 Å². The van der Waals surface area contributed by atoms with E-state index in [1.165, 1.54) is 0 Å². The van der Waals surface area contributed by atoms with Gasteiger partial charge in [-0.05, 0) is 26.0 Å². The van der Waals surface area contributed by atoms with Crippen molar-refractivity contribution in [2.45, 2.75) is 20.4 Å². The Balaban J connectivity index is 0.00000200. The van der Waals surface area contributed by atoms with E-state index in [2.05, 4.69) is 25.9 Å². The molecule has 0 aliphatic heterocycles. The maximum atomic E-state index is 12.3. The first-order valence-corrected chi connectivity index (χ1v) is 6.87. The molecule has 0 bridgehead atoms. The number of nitrogens with zero attached hydrogens (tertiary/aromatic N) is 3. The van der Waals surface area contributed by atoms with Gasteiger partial charge in [0.25, 0.3) is 5.56 Å². The molecule has 0 atom stereocenters. The fourth-order valence-electron chi connectivity index (χ4n) is 2.15. The summed E-state index contributed by atoms with van der Waals surface area (Å²) in [4.78, 5) is 16.7. The number of quaternary nitrogens is 1. The summed E-state index contributed by atoms with van der Waals surface area (Å²) in [5.74, 6) is 0. The molecule has 1 heterocycles. The minimum Gasteiger partial charge on any atom is -1.00 e. The molecule has 2 rings (SSSR count). The second kappa shape index (κ2) is 7.17. The van der Waals surface area contributed by atoms with Crippen molar-refractivity contribution in [2.75, 3.05) is 26.7 Å². The summed E-state index contributed by atoms with van der Waals surface area (Å²) in [6.07, 6.45) is 1.67. The number of hydrogen-bond acceptors (Lipinski definition) is 2. The second-order valence-electron chi connectivity index (χ2n) is 5.24. The maximum absolute atomic E-state index is 12.3. The normalized spacial score (nSPS) is 11.3. The molecule has 5 heteroatoms. The van der Waals surface area contributed by atoms with Gasteiger partial charge in [0, 0.05) is 0 Å². The first-order valence-electron chi connectivity index (χ1n) is 6.87. The summed E-state index contributed by atoms with van der Waals surface area (Å²) in [5, 5.41) is 0.701. The third-order valence-corrected chi connectivity index (χ3v) is 4.14. The molecule has 0 spiro atoms. The third kappa shape index (κ3) is 3.58. The predicted octanol–water partition coefficient (Wildman–Crippen LogP) is -1.11. The highest BCUT2D eigenvalue weighted by Gasteiger charge is 2.16. The Morgan fingerprint density at radius 2 is 1.85 bits per heavy atom. The van der Waals surface area contributed by atoms with Crippen LogP contribution >= 0.6 is 0 Å². The number of hydrogen-bond donors (Lipinski definition) is 0. The number of likely N-dealkylation sites (N-methyl/N-ethyl adjacent to an activating group) is 1. The summed E-state index contributed by atoms with van der Waals surface area (Å²) in [7, 11) is 2.22. The lowest BCUT2D eigenvalue weighted by Crippen LogP contribution is -3.00. The van der Waals surface area contributed by atoms with E-state index in [9.17, 15) is 4.79 Å². The zero-order chi connectivity index (χ0) is 13.9. The zero-order valence-corrected chi connectivity index (χ0v) is 14.5. The molecule has 0 saturated heterocycles. The topological polar surface area (TPSA) is 34.9 Å². The minimum absolute atomic E-state index is 0. The quantitative estimate of drug-likeness (QED) is 0.482. The van der Waals surface area contributed by atoms with E-state index >= 15 is 0 Å². The Bertz CT molecular complexity index is 620. The Morgan fingerprint density at radius 1 is 1.20 bits per heavy atom. The van der Waals surface area contributed by atoms with Gasteiger partial charge in [0.1, 0.15) is 0 Å². The molecule has 1 aromatic heterocycles. The average Bonchev–Trinajstić information content (AvgIpc) is 2.46. The number of aromatic nitrogens is 2. The van der Waals surface area contributed by atoms with E-state index in [-0.39, 0.29) is 29.5 Å². The van der Waals surface area contributed by atoms with Gasteiger partial charge in [-0.2, -0.15) is 0 Å². The van der Waals surface area contributed by atoms with Crippen LogP contribution in [0.25, 0.3) is 10.9 Å². The van der Waals surface area contributed by atoms with Gasteiger partial charge in [0.15, 0.2) is 0 Å². The van der Waals surface area contributed by atoms with Crippen molar-refractivity contribution < 1.29 is 28.5 Å². The maximum Gasteiger partial charge on any atom is 0.261 e. The summed E-state index contributed by atoms with van der Waals surface area (Å²) >= 11 is 0. The molecule has 4 nitrogen and oxygen atoms in total. The van der Waals surface area contributed by atoms with Crippen molar-refractivity contribution in [3.05, 3.63) is 40.9 Å². The van der Waals surface area contributed by atoms with Crippen LogP contribution in [-0.2, 0) is 6.54 Å². The van der Waals surface area contributed by atoms with Gasteiger partial charge in [-0.3, -0.25) is 9.36 Å². The molecule has 0 saturated carbocycles. The molecule has 0 fully saturated rings. The SMILES string of the molecule is CC[N+](C)(CC)CCn1cnc2ccccc2c1=O.[I-]. The molecule has 0 N–H and O–H groups in total. The molecule has 110 valence electrons. The first kappa shape index (κ1) is 17.1. The van der Waals surface area contributed by atoms with Crippen molar-refractivity contribution in [3.63, 3.8) is 0 Å². The third-order valence-electron chi connectivity index (χ3n) is 4.14. The van der Waals surface area contributed by atoms with Crippen molar-refractivity contribution in [1.82, 2.24) is 9.55 Å². The lowest BCUT2D eigenvalue weighted by Gasteiger charge is -2.32. The monoisotopic (exact) mass is 387 g/mol. The van der Waals surface area contributed by atoms with E-state index < -0.39 is 0 Å². The Labute approximate surface area is 137 Å². The summed E-state index contributed by atoms with van der Waals surface area (Å²) in [5.41, 5.74) is 0.830. The van der Waals surface area contributed by atoms with E-state index in [0.29, 0.717) is 5.39 Å². The van der Waals surface area contributed by atoms with Crippen LogP contribution < -0.4 is 29.5 Å². The summed E-state index contributed by atoms with van der Waals surface area (Å²) in [6, 6.07) is 7.50. The zero-order valence-electron chi connectivity index (χ0n) is 12.3. The number of halogens is 1. The highest BCUT2D eigenvalue weighted by atomic mass is 127. The fourth-order valence-corrected chi connectivity index (χ4v) is 2.15.